The minimum absolute atomic E-state index is 0.0703. The summed E-state index contributed by atoms with van der Waals surface area (Å²) in [4.78, 5) is 26.1. The average Bonchev–Trinajstić information content (AvgIpc) is 2.88. The van der Waals surface area contributed by atoms with Gasteiger partial charge in [-0.1, -0.05) is 12.1 Å². The fraction of sp³-hybridized carbons (Fsp3) is 0.636. The second-order valence-electron chi connectivity index (χ2n) is 9.71. The van der Waals surface area contributed by atoms with Gasteiger partial charge in [-0.15, -0.1) is 13.2 Å². The van der Waals surface area contributed by atoms with Gasteiger partial charge in [0, 0.05) is 0 Å². The first kappa shape index (κ1) is 26.6. The normalized spacial score (nSPS) is 21.5. The molecule has 0 unspecified atom stereocenters. The molecule has 1 aromatic carbocycles. The number of benzene rings is 1. The highest BCUT2D eigenvalue weighted by Crippen LogP contribution is 2.29. The second kappa shape index (κ2) is 9.66. The highest BCUT2D eigenvalue weighted by molar-refractivity contribution is 5.69. The molecule has 0 bridgehead atoms. The highest BCUT2D eigenvalue weighted by atomic mass is 19.4. The number of amides is 1. The maximum atomic E-state index is 12.8. The summed E-state index contributed by atoms with van der Waals surface area (Å²) in [6.45, 7) is 9.86. The summed E-state index contributed by atoms with van der Waals surface area (Å²) in [6.07, 6.45) is -8.82. The van der Waals surface area contributed by atoms with Crippen LogP contribution < -0.4 is 4.74 Å². The van der Waals surface area contributed by atoms with Crippen LogP contribution in [0.2, 0.25) is 0 Å². The second-order valence-corrected chi connectivity index (χ2v) is 9.71. The van der Waals surface area contributed by atoms with E-state index in [4.69, 9.17) is 14.2 Å². The van der Waals surface area contributed by atoms with Crippen LogP contribution in [-0.4, -0.2) is 64.6 Å². The molecule has 1 saturated heterocycles. The number of hydrogen-bond donors (Lipinski definition) is 1. The molecule has 1 aromatic rings. The molecule has 11 heteroatoms. The van der Waals surface area contributed by atoms with E-state index in [1.54, 1.807) is 41.5 Å². The minimum Gasteiger partial charge on any atom is -0.444 e. The van der Waals surface area contributed by atoms with E-state index in [2.05, 4.69) is 4.74 Å². The Bertz CT molecular complexity index is 828. The molecule has 3 atom stereocenters. The van der Waals surface area contributed by atoms with Gasteiger partial charge in [-0.2, -0.15) is 0 Å². The van der Waals surface area contributed by atoms with E-state index in [-0.39, 0.29) is 13.0 Å². The van der Waals surface area contributed by atoms with Gasteiger partial charge in [0.2, 0.25) is 0 Å². The van der Waals surface area contributed by atoms with Crippen LogP contribution >= 0.6 is 0 Å². The van der Waals surface area contributed by atoms with E-state index in [1.807, 2.05) is 0 Å². The van der Waals surface area contributed by atoms with E-state index < -0.39 is 53.8 Å². The van der Waals surface area contributed by atoms with Crippen LogP contribution in [0.1, 0.15) is 47.1 Å². The van der Waals surface area contributed by atoms with Crippen LogP contribution in [0.4, 0.5) is 22.8 Å². The minimum atomic E-state index is -4.82. The van der Waals surface area contributed by atoms with Gasteiger partial charge in [0.05, 0.1) is 12.6 Å². The Morgan fingerprint density at radius 1 is 1.00 bits per heavy atom. The molecule has 1 N–H and O–H groups in total. The lowest BCUT2D eigenvalue weighted by Gasteiger charge is -2.29. The molecule has 1 heterocycles. The molecule has 0 saturated carbocycles. The number of aliphatic hydroxyl groups excluding tert-OH is 1. The molecule has 2 rings (SSSR count). The summed E-state index contributed by atoms with van der Waals surface area (Å²) < 4.78 is 56.8. The Balaban J connectivity index is 2.19. The van der Waals surface area contributed by atoms with Crippen molar-refractivity contribution in [1.82, 2.24) is 4.90 Å². The summed E-state index contributed by atoms with van der Waals surface area (Å²) >= 11 is 0. The SMILES string of the molecule is CC(C)(C)OC(=O)O[C@H]1CN(C(=O)OC(C)(C)C)[C@H](Cc2ccc(OC(F)(F)F)cc2)[C@@H]1O. The van der Waals surface area contributed by atoms with Gasteiger partial charge in [-0.05, 0) is 65.7 Å². The van der Waals surface area contributed by atoms with E-state index >= 15 is 0 Å². The van der Waals surface area contributed by atoms with Gasteiger partial charge >= 0.3 is 18.6 Å². The van der Waals surface area contributed by atoms with E-state index in [9.17, 15) is 27.9 Å². The van der Waals surface area contributed by atoms with Crippen LogP contribution in [0.25, 0.3) is 0 Å². The summed E-state index contributed by atoms with van der Waals surface area (Å²) in [5.41, 5.74) is -1.10. The first-order valence-corrected chi connectivity index (χ1v) is 10.4. The molecule has 33 heavy (non-hydrogen) atoms. The molecule has 8 nitrogen and oxygen atoms in total. The van der Waals surface area contributed by atoms with Crippen LogP contribution in [0, 0.1) is 0 Å². The van der Waals surface area contributed by atoms with Crippen molar-refractivity contribution in [3.63, 3.8) is 0 Å². The molecule has 1 fully saturated rings. The zero-order valence-corrected chi connectivity index (χ0v) is 19.4. The van der Waals surface area contributed by atoms with Gasteiger partial charge in [-0.25, -0.2) is 9.59 Å². The average molecular weight is 477 g/mol. The molecule has 186 valence electrons. The molecular weight excluding hydrogens is 447 g/mol. The third kappa shape index (κ3) is 8.64. The number of carbonyl (C=O) groups is 2. The highest BCUT2D eigenvalue weighted by Gasteiger charge is 2.47. The Hall–Kier alpha value is -2.69. The largest absolute Gasteiger partial charge is 0.573 e. The molecule has 1 aliphatic rings. The number of nitrogens with zero attached hydrogens (tertiary/aromatic N) is 1. The van der Waals surface area contributed by atoms with Gasteiger partial charge in [0.1, 0.15) is 23.1 Å². The summed E-state index contributed by atoms with van der Waals surface area (Å²) in [7, 11) is 0. The number of aliphatic hydroxyl groups is 1. The monoisotopic (exact) mass is 477 g/mol. The number of alkyl halides is 3. The van der Waals surface area contributed by atoms with Crippen molar-refractivity contribution in [2.24, 2.45) is 0 Å². The van der Waals surface area contributed by atoms with Crippen molar-refractivity contribution < 1.29 is 46.8 Å². The van der Waals surface area contributed by atoms with Gasteiger partial charge in [0.15, 0.2) is 6.10 Å². The number of halogens is 3. The van der Waals surface area contributed by atoms with Crippen LogP contribution in [0.5, 0.6) is 5.75 Å². The molecule has 1 amide bonds. The lowest BCUT2D eigenvalue weighted by atomic mass is 10.0. The van der Waals surface area contributed by atoms with Crippen molar-refractivity contribution in [3.8, 4) is 5.75 Å². The maximum absolute atomic E-state index is 12.8. The smallest absolute Gasteiger partial charge is 0.444 e. The molecule has 0 radical (unpaired) electrons. The molecular formula is C22H30F3NO7. The third-order valence-electron chi connectivity index (χ3n) is 4.42. The lowest BCUT2D eigenvalue weighted by molar-refractivity contribution is -0.274. The van der Waals surface area contributed by atoms with Gasteiger partial charge in [0.25, 0.3) is 0 Å². The fourth-order valence-corrected chi connectivity index (χ4v) is 3.20. The summed E-state index contributed by atoms with van der Waals surface area (Å²) in [5, 5.41) is 10.8. The predicted octanol–water partition coefficient (Wildman–Crippen LogP) is 4.43. The zero-order valence-electron chi connectivity index (χ0n) is 19.4. The first-order valence-electron chi connectivity index (χ1n) is 10.4. The maximum Gasteiger partial charge on any atom is 0.573 e. The van der Waals surface area contributed by atoms with Crippen molar-refractivity contribution in [2.45, 2.75) is 83.8 Å². The number of hydrogen-bond acceptors (Lipinski definition) is 7. The van der Waals surface area contributed by atoms with E-state index in [0.29, 0.717) is 5.56 Å². The lowest BCUT2D eigenvalue weighted by Crippen LogP contribution is -2.43. The fourth-order valence-electron chi connectivity index (χ4n) is 3.20. The van der Waals surface area contributed by atoms with E-state index in [1.165, 1.54) is 17.0 Å². The topological polar surface area (TPSA) is 94.5 Å². The van der Waals surface area contributed by atoms with Gasteiger partial charge < -0.3 is 24.1 Å². The van der Waals surface area contributed by atoms with Gasteiger partial charge in [-0.3, -0.25) is 4.90 Å². The van der Waals surface area contributed by atoms with Crippen molar-refractivity contribution in [1.29, 1.82) is 0 Å². The van der Waals surface area contributed by atoms with Crippen LogP contribution in [0.15, 0.2) is 24.3 Å². The standard InChI is InChI=1S/C22H30F3NO7/c1-20(2,3)32-18(28)26-12-16(30-19(29)33-21(4,5)6)17(27)15(26)11-13-7-9-14(10-8-13)31-22(23,24)25/h7-10,15-17,27H,11-12H2,1-6H3/t15-,16+,17+/m1/s1. The summed E-state index contributed by atoms with van der Waals surface area (Å²) in [6, 6.07) is 4.20. The van der Waals surface area contributed by atoms with Crippen molar-refractivity contribution in [3.05, 3.63) is 29.8 Å². The van der Waals surface area contributed by atoms with Crippen LogP contribution in [0.3, 0.4) is 0 Å². The number of rotatable bonds is 4. The molecule has 0 aliphatic carbocycles. The zero-order chi connectivity index (χ0) is 25.2. The predicted molar refractivity (Wildman–Crippen MR) is 111 cm³/mol. The molecule has 1 aliphatic heterocycles. The number of carbonyl (C=O) groups excluding carboxylic acids is 2. The van der Waals surface area contributed by atoms with E-state index in [0.717, 1.165) is 12.1 Å². The van der Waals surface area contributed by atoms with Crippen molar-refractivity contribution >= 4 is 12.2 Å². The third-order valence-corrected chi connectivity index (χ3v) is 4.42. The number of ether oxygens (including phenoxy) is 4. The Kier molecular flexibility index (Phi) is 7.78. The Morgan fingerprint density at radius 3 is 2.03 bits per heavy atom. The quantitative estimate of drug-likeness (QED) is 0.641. The first-order chi connectivity index (χ1) is 14.9. The van der Waals surface area contributed by atoms with Crippen molar-refractivity contribution in [2.75, 3.05) is 6.54 Å². The number of likely N-dealkylation sites (tertiary alicyclic amines) is 1. The molecule has 0 aromatic heterocycles. The Morgan fingerprint density at radius 2 is 1.55 bits per heavy atom. The Labute approximate surface area is 190 Å². The summed E-state index contributed by atoms with van der Waals surface area (Å²) in [5.74, 6) is -0.395. The molecule has 0 spiro atoms. The van der Waals surface area contributed by atoms with Crippen LogP contribution in [-0.2, 0) is 20.6 Å².